The van der Waals surface area contributed by atoms with Crippen LogP contribution >= 0.6 is 0 Å². The molecule has 0 spiro atoms. The van der Waals surface area contributed by atoms with Crippen LogP contribution in [0.25, 0.3) is 10.8 Å². The molecule has 0 aliphatic carbocycles. The van der Waals surface area contributed by atoms with Crippen molar-refractivity contribution in [1.29, 1.82) is 0 Å². The van der Waals surface area contributed by atoms with Gasteiger partial charge < -0.3 is 4.84 Å². The Kier molecular flexibility index (Phi) is 4.22. The highest BCUT2D eigenvalue weighted by molar-refractivity contribution is 5.85. The maximum Gasteiger partial charge on any atom is 0.269 e. The molecule has 0 aromatic heterocycles. The minimum Gasteiger partial charge on any atom is -0.404 e. The van der Waals surface area contributed by atoms with Crippen molar-refractivity contribution in [3.05, 3.63) is 118 Å². The lowest BCUT2D eigenvalue weighted by molar-refractivity contribution is -0.384. The normalized spacial score (nSPS) is 15.8. The van der Waals surface area contributed by atoms with Crippen molar-refractivity contribution in [2.45, 2.75) is 12.6 Å². The summed E-state index contributed by atoms with van der Waals surface area (Å²) in [6.45, 7) is 0.516. The Morgan fingerprint density at radius 1 is 0.862 bits per heavy atom. The Labute approximate surface area is 167 Å². The van der Waals surface area contributed by atoms with E-state index in [1.54, 1.807) is 12.1 Å². The van der Waals surface area contributed by atoms with Gasteiger partial charge in [-0.05, 0) is 34.0 Å². The zero-order chi connectivity index (χ0) is 19.8. The lowest BCUT2D eigenvalue weighted by Gasteiger charge is -2.23. The molecule has 0 saturated carbocycles. The van der Waals surface area contributed by atoms with Gasteiger partial charge in [0.25, 0.3) is 5.69 Å². The number of hydroxylamine groups is 2. The summed E-state index contributed by atoms with van der Waals surface area (Å²) in [6, 6.07) is 29.3. The molecule has 1 unspecified atom stereocenters. The van der Waals surface area contributed by atoms with E-state index < -0.39 is 0 Å². The predicted molar refractivity (Wildman–Crippen MR) is 112 cm³/mol. The summed E-state index contributed by atoms with van der Waals surface area (Å²) < 4.78 is 0. The van der Waals surface area contributed by atoms with Gasteiger partial charge in [-0.3, -0.25) is 10.1 Å². The number of nitrogens with zero attached hydrogens (tertiary/aromatic N) is 2. The molecule has 5 heteroatoms. The monoisotopic (exact) mass is 382 g/mol. The van der Waals surface area contributed by atoms with E-state index in [1.165, 1.54) is 17.5 Å². The molecule has 0 saturated heterocycles. The maximum absolute atomic E-state index is 10.9. The SMILES string of the molecule is O=[N+]([O-])c1ccc(CN2Oc3cc4ccccc4cc3C2c2ccccc2)cc1. The van der Waals surface area contributed by atoms with Crippen molar-refractivity contribution < 1.29 is 9.76 Å². The van der Waals surface area contributed by atoms with Gasteiger partial charge in [0, 0.05) is 17.7 Å². The predicted octanol–water partition coefficient (Wildman–Crippen LogP) is 5.65. The van der Waals surface area contributed by atoms with E-state index in [-0.39, 0.29) is 16.7 Å². The lowest BCUT2D eigenvalue weighted by atomic mass is 9.95. The number of fused-ring (bicyclic) bond motifs is 2. The Hall–Kier alpha value is -3.70. The molecular formula is C24H18N2O3. The van der Waals surface area contributed by atoms with Gasteiger partial charge in [0.2, 0.25) is 0 Å². The van der Waals surface area contributed by atoms with Crippen LogP contribution in [-0.2, 0) is 6.54 Å². The molecule has 1 aliphatic heterocycles. The Morgan fingerprint density at radius 2 is 1.52 bits per heavy atom. The molecule has 5 rings (SSSR count). The first-order valence-corrected chi connectivity index (χ1v) is 9.44. The van der Waals surface area contributed by atoms with Crippen molar-refractivity contribution in [2.75, 3.05) is 0 Å². The highest BCUT2D eigenvalue weighted by Gasteiger charge is 2.34. The van der Waals surface area contributed by atoms with E-state index in [2.05, 4.69) is 36.4 Å². The number of nitro benzene ring substituents is 1. The van der Waals surface area contributed by atoms with E-state index in [9.17, 15) is 10.1 Å². The highest BCUT2D eigenvalue weighted by atomic mass is 16.7. The molecule has 1 heterocycles. The molecule has 0 fully saturated rings. The van der Waals surface area contributed by atoms with Gasteiger partial charge >= 0.3 is 0 Å². The minimum atomic E-state index is -0.385. The summed E-state index contributed by atoms with van der Waals surface area (Å²) in [7, 11) is 0. The molecule has 0 N–H and O–H groups in total. The average Bonchev–Trinajstić information content (AvgIpc) is 3.09. The van der Waals surface area contributed by atoms with Crippen LogP contribution in [0.2, 0.25) is 0 Å². The molecule has 0 radical (unpaired) electrons. The quantitative estimate of drug-likeness (QED) is 0.338. The second kappa shape index (κ2) is 7.04. The Morgan fingerprint density at radius 3 is 2.21 bits per heavy atom. The van der Waals surface area contributed by atoms with Gasteiger partial charge in [-0.2, -0.15) is 0 Å². The summed E-state index contributed by atoms with van der Waals surface area (Å²) >= 11 is 0. The van der Waals surface area contributed by atoms with Crippen molar-refractivity contribution in [2.24, 2.45) is 0 Å². The van der Waals surface area contributed by atoms with Crippen LogP contribution in [0.5, 0.6) is 5.75 Å². The van der Waals surface area contributed by atoms with E-state index in [1.807, 2.05) is 35.4 Å². The molecule has 29 heavy (non-hydrogen) atoms. The van der Waals surface area contributed by atoms with Crippen LogP contribution in [-0.4, -0.2) is 9.99 Å². The van der Waals surface area contributed by atoms with Crippen molar-refractivity contribution in [3.8, 4) is 5.75 Å². The Bertz CT molecular complexity index is 1190. The molecule has 0 amide bonds. The van der Waals surface area contributed by atoms with Crippen molar-refractivity contribution >= 4 is 16.5 Å². The van der Waals surface area contributed by atoms with E-state index >= 15 is 0 Å². The van der Waals surface area contributed by atoms with Crippen LogP contribution in [0.1, 0.15) is 22.7 Å². The lowest BCUT2D eigenvalue weighted by Crippen LogP contribution is -2.26. The summed E-state index contributed by atoms with van der Waals surface area (Å²) in [5, 5.41) is 15.2. The third kappa shape index (κ3) is 3.22. The van der Waals surface area contributed by atoms with Crippen LogP contribution in [0.4, 0.5) is 5.69 Å². The molecule has 4 aromatic carbocycles. The van der Waals surface area contributed by atoms with Gasteiger partial charge in [0.05, 0.1) is 17.5 Å². The summed E-state index contributed by atoms with van der Waals surface area (Å²) in [4.78, 5) is 16.8. The zero-order valence-electron chi connectivity index (χ0n) is 15.6. The average molecular weight is 382 g/mol. The van der Waals surface area contributed by atoms with Crippen molar-refractivity contribution in [3.63, 3.8) is 0 Å². The number of benzene rings is 4. The first-order valence-electron chi connectivity index (χ1n) is 9.44. The molecule has 0 bridgehead atoms. The topological polar surface area (TPSA) is 55.6 Å². The van der Waals surface area contributed by atoms with Gasteiger partial charge in [-0.25, -0.2) is 0 Å². The number of hydrogen-bond donors (Lipinski definition) is 0. The van der Waals surface area contributed by atoms with Crippen LogP contribution < -0.4 is 4.84 Å². The smallest absolute Gasteiger partial charge is 0.269 e. The summed E-state index contributed by atoms with van der Waals surface area (Å²) in [5.41, 5.74) is 3.30. The largest absolute Gasteiger partial charge is 0.404 e. The third-order valence-electron chi connectivity index (χ3n) is 5.28. The first kappa shape index (κ1) is 17.4. The van der Waals surface area contributed by atoms with Gasteiger partial charge in [-0.15, -0.1) is 5.06 Å². The van der Waals surface area contributed by atoms with E-state index in [0.29, 0.717) is 6.54 Å². The van der Waals surface area contributed by atoms with Crippen molar-refractivity contribution in [1.82, 2.24) is 5.06 Å². The van der Waals surface area contributed by atoms with E-state index in [0.717, 1.165) is 27.8 Å². The number of hydrogen-bond acceptors (Lipinski definition) is 4. The van der Waals surface area contributed by atoms with Gasteiger partial charge in [-0.1, -0.05) is 66.7 Å². The molecule has 4 aromatic rings. The number of rotatable bonds is 4. The number of nitro groups is 1. The first-order chi connectivity index (χ1) is 14.2. The summed E-state index contributed by atoms with van der Waals surface area (Å²) in [5.74, 6) is 0.847. The molecular weight excluding hydrogens is 364 g/mol. The molecule has 5 nitrogen and oxygen atoms in total. The van der Waals surface area contributed by atoms with Crippen LogP contribution in [0, 0.1) is 10.1 Å². The molecule has 1 aliphatic rings. The van der Waals surface area contributed by atoms with Gasteiger partial charge in [0.15, 0.2) is 5.75 Å². The Balaban J connectivity index is 1.55. The second-order valence-electron chi connectivity index (χ2n) is 7.14. The fraction of sp³-hybridized carbons (Fsp3) is 0.0833. The van der Waals surface area contributed by atoms with E-state index in [4.69, 9.17) is 4.84 Å². The standard InChI is InChI=1S/C24H18N2O3/c27-26(28)21-12-10-17(11-13-21)16-25-24(18-6-2-1-3-7-18)22-14-19-8-4-5-9-20(19)15-23(22)29-25/h1-15,24H,16H2. The van der Waals surface area contributed by atoms with Gasteiger partial charge in [0.1, 0.15) is 0 Å². The fourth-order valence-corrected chi connectivity index (χ4v) is 3.87. The second-order valence-corrected chi connectivity index (χ2v) is 7.14. The third-order valence-corrected chi connectivity index (χ3v) is 5.28. The zero-order valence-corrected chi connectivity index (χ0v) is 15.6. The fourth-order valence-electron chi connectivity index (χ4n) is 3.87. The van der Waals surface area contributed by atoms with Crippen LogP contribution in [0.15, 0.2) is 91.0 Å². The molecule has 142 valence electrons. The van der Waals surface area contributed by atoms with Crippen LogP contribution in [0.3, 0.4) is 0 Å². The molecule has 1 atom stereocenters. The minimum absolute atomic E-state index is 0.0500. The summed E-state index contributed by atoms with van der Waals surface area (Å²) in [6.07, 6.45) is 0. The highest BCUT2D eigenvalue weighted by Crippen LogP contribution is 2.44. The maximum atomic E-state index is 10.9. The number of non-ortho nitro benzene ring substituents is 1.